The van der Waals surface area contributed by atoms with Gasteiger partial charge >= 0.3 is 0 Å². The van der Waals surface area contributed by atoms with E-state index in [2.05, 4.69) is 10.6 Å². The zero-order chi connectivity index (χ0) is 13.7. The summed E-state index contributed by atoms with van der Waals surface area (Å²) in [5.41, 5.74) is 2.20. The van der Waals surface area contributed by atoms with Gasteiger partial charge in [-0.2, -0.15) is 0 Å². The van der Waals surface area contributed by atoms with E-state index in [1.165, 1.54) is 5.56 Å². The van der Waals surface area contributed by atoms with Crippen LogP contribution in [0.5, 0.6) is 5.75 Å². The predicted octanol–water partition coefficient (Wildman–Crippen LogP) is 2.04. The lowest BCUT2D eigenvalue weighted by molar-refractivity contribution is -0.124. The summed E-state index contributed by atoms with van der Waals surface area (Å²) in [6, 6.07) is 6.08. The monoisotopic (exact) mass is 298 g/mol. The van der Waals surface area contributed by atoms with E-state index in [-0.39, 0.29) is 24.2 Å². The molecule has 1 atom stereocenters. The van der Waals surface area contributed by atoms with Crippen LogP contribution in [0.15, 0.2) is 18.2 Å². The van der Waals surface area contributed by atoms with Gasteiger partial charge in [-0.05, 0) is 38.4 Å². The number of aryl methyl sites for hydroxylation is 1. The molecule has 1 heterocycles. The van der Waals surface area contributed by atoms with Crippen molar-refractivity contribution in [1.29, 1.82) is 0 Å². The second-order valence-corrected chi connectivity index (χ2v) is 4.95. The first kappa shape index (κ1) is 16.8. The molecular weight excluding hydrogens is 276 g/mol. The Bertz CT molecular complexity index is 445. The van der Waals surface area contributed by atoms with Crippen LogP contribution in [0.3, 0.4) is 0 Å². The minimum atomic E-state index is 0. The van der Waals surface area contributed by atoms with Crippen molar-refractivity contribution in [3.05, 3.63) is 29.3 Å². The number of benzene rings is 1. The average molecular weight is 299 g/mol. The molecule has 0 bridgehead atoms. The van der Waals surface area contributed by atoms with Crippen molar-refractivity contribution in [2.45, 2.75) is 26.8 Å². The fraction of sp³-hybridized carbons (Fsp3) is 0.533. The Kier molecular flexibility index (Phi) is 6.82. The summed E-state index contributed by atoms with van der Waals surface area (Å²) in [7, 11) is 0. The fourth-order valence-corrected chi connectivity index (χ4v) is 2.30. The molecule has 2 rings (SSSR count). The second-order valence-electron chi connectivity index (χ2n) is 4.95. The zero-order valence-corrected chi connectivity index (χ0v) is 12.9. The fourth-order valence-electron chi connectivity index (χ4n) is 2.30. The van der Waals surface area contributed by atoms with Gasteiger partial charge in [0.1, 0.15) is 5.75 Å². The van der Waals surface area contributed by atoms with Crippen LogP contribution >= 0.6 is 12.4 Å². The van der Waals surface area contributed by atoms with Crippen molar-refractivity contribution in [2.75, 3.05) is 19.7 Å². The first-order chi connectivity index (χ1) is 9.20. The highest BCUT2D eigenvalue weighted by Gasteiger charge is 2.22. The van der Waals surface area contributed by atoms with E-state index in [0.29, 0.717) is 13.2 Å². The number of ether oxygens (including phenoxy) is 1. The van der Waals surface area contributed by atoms with Gasteiger partial charge in [-0.1, -0.05) is 12.1 Å². The molecule has 0 radical (unpaired) electrons. The first-order valence-corrected chi connectivity index (χ1v) is 6.91. The number of nitrogens with one attached hydrogen (secondary N) is 2. The van der Waals surface area contributed by atoms with Gasteiger partial charge in [0.05, 0.1) is 12.5 Å². The van der Waals surface area contributed by atoms with Crippen LogP contribution < -0.4 is 15.4 Å². The zero-order valence-electron chi connectivity index (χ0n) is 12.1. The van der Waals surface area contributed by atoms with Crippen molar-refractivity contribution in [3.63, 3.8) is 0 Å². The summed E-state index contributed by atoms with van der Waals surface area (Å²) in [6.45, 7) is 6.90. The smallest absolute Gasteiger partial charge is 0.224 e. The summed E-state index contributed by atoms with van der Waals surface area (Å²) in [5, 5.41) is 6.21. The van der Waals surface area contributed by atoms with Crippen LogP contribution in [0, 0.1) is 12.8 Å². The largest absolute Gasteiger partial charge is 0.494 e. The Morgan fingerprint density at radius 3 is 2.95 bits per heavy atom. The Morgan fingerprint density at radius 1 is 1.50 bits per heavy atom. The van der Waals surface area contributed by atoms with E-state index in [0.717, 1.165) is 30.8 Å². The van der Waals surface area contributed by atoms with E-state index >= 15 is 0 Å². The molecular formula is C15H23ClN2O2. The summed E-state index contributed by atoms with van der Waals surface area (Å²) in [4.78, 5) is 12.0. The standard InChI is InChI=1S/C15H22N2O2.ClH/c1-3-19-14-8-11(2)4-5-12(14)10-17-15(18)13-6-7-16-9-13;/h4-5,8,13,16H,3,6-7,9-10H2,1-2H3,(H,17,18);1H. The van der Waals surface area contributed by atoms with E-state index in [1.54, 1.807) is 0 Å². The predicted molar refractivity (Wildman–Crippen MR) is 82.4 cm³/mol. The SMILES string of the molecule is CCOc1cc(C)ccc1CNC(=O)C1CCNC1.Cl. The van der Waals surface area contributed by atoms with Crippen LogP contribution in [0.2, 0.25) is 0 Å². The summed E-state index contributed by atoms with van der Waals surface area (Å²) in [6.07, 6.45) is 0.929. The molecule has 0 aliphatic carbocycles. The lowest BCUT2D eigenvalue weighted by Crippen LogP contribution is -2.31. The highest BCUT2D eigenvalue weighted by atomic mass is 35.5. The van der Waals surface area contributed by atoms with Crippen LogP contribution in [0.1, 0.15) is 24.5 Å². The number of carbonyl (C=O) groups is 1. The van der Waals surface area contributed by atoms with Gasteiger partial charge in [-0.25, -0.2) is 0 Å². The minimum Gasteiger partial charge on any atom is -0.494 e. The molecule has 1 aromatic rings. The number of rotatable bonds is 5. The van der Waals surface area contributed by atoms with Crippen LogP contribution in [0.4, 0.5) is 0 Å². The molecule has 0 saturated carbocycles. The molecule has 0 aromatic heterocycles. The maximum atomic E-state index is 12.0. The molecule has 1 aromatic carbocycles. The van der Waals surface area contributed by atoms with Gasteiger partial charge in [0.25, 0.3) is 0 Å². The van der Waals surface area contributed by atoms with E-state index in [4.69, 9.17) is 4.74 Å². The van der Waals surface area contributed by atoms with Gasteiger partial charge in [0.15, 0.2) is 0 Å². The number of hydrogen-bond donors (Lipinski definition) is 2. The molecule has 1 aliphatic rings. The van der Waals surface area contributed by atoms with Crippen molar-refractivity contribution < 1.29 is 9.53 Å². The van der Waals surface area contributed by atoms with Gasteiger partial charge in [0, 0.05) is 18.7 Å². The number of hydrogen-bond acceptors (Lipinski definition) is 3. The van der Waals surface area contributed by atoms with Gasteiger partial charge in [0.2, 0.25) is 5.91 Å². The maximum absolute atomic E-state index is 12.0. The average Bonchev–Trinajstić information content (AvgIpc) is 2.92. The normalized spacial score (nSPS) is 17.4. The van der Waals surface area contributed by atoms with E-state index in [1.807, 2.05) is 32.0 Å². The maximum Gasteiger partial charge on any atom is 0.224 e. The van der Waals surface area contributed by atoms with Crippen molar-refractivity contribution in [1.82, 2.24) is 10.6 Å². The summed E-state index contributed by atoms with van der Waals surface area (Å²) in [5.74, 6) is 1.11. The molecule has 1 fully saturated rings. The molecule has 20 heavy (non-hydrogen) atoms. The Morgan fingerprint density at radius 2 is 2.30 bits per heavy atom. The van der Waals surface area contributed by atoms with E-state index < -0.39 is 0 Å². The Hall–Kier alpha value is -1.26. The van der Waals surface area contributed by atoms with Crippen LogP contribution in [-0.4, -0.2) is 25.6 Å². The molecule has 112 valence electrons. The Labute approximate surface area is 126 Å². The molecule has 1 aliphatic heterocycles. The third-order valence-electron chi connectivity index (χ3n) is 3.41. The van der Waals surface area contributed by atoms with Gasteiger partial charge in [-0.3, -0.25) is 4.79 Å². The quantitative estimate of drug-likeness (QED) is 0.875. The number of carbonyl (C=O) groups excluding carboxylic acids is 1. The van der Waals surface area contributed by atoms with Gasteiger partial charge < -0.3 is 15.4 Å². The molecule has 1 saturated heterocycles. The highest BCUT2D eigenvalue weighted by molar-refractivity contribution is 5.85. The summed E-state index contributed by atoms with van der Waals surface area (Å²) < 4.78 is 5.61. The molecule has 1 amide bonds. The summed E-state index contributed by atoms with van der Waals surface area (Å²) >= 11 is 0. The minimum absolute atomic E-state index is 0. The number of amides is 1. The molecule has 4 nitrogen and oxygen atoms in total. The highest BCUT2D eigenvalue weighted by Crippen LogP contribution is 2.20. The topological polar surface area (TPSA) is 50.4 Å². The van der Waals surface area contributed by atoms with Crippen molar-refractivity contribution in [3.8, 4) is 5.75 Å². The van der Waals surface area contributed by atoms with Crippen molar-refractivity contribution >= 4 is 18.3 Å². The second kappa shape index (κ2) is 8.12. The third kappa shape index (κ3) is 4.39. The first-order valence-electron chi connectivity index (χ1n) is 6.91. The molecule has 2 N–H and O–H groups in total. The van der Waals surface area contributed by atoms with E-state index in [9.17, 15) is 4.79 Å². The molecule has 5 heteroatoms. The Balaban J connectivity index is 0.00000200. The van der Waals surface area contributed by atoms with Crippen molar-refractivity contribution in [2.24, 2.45) is 5.92 Å². The lowest BCUT2D eigenvalue weighted by atomic mass is 10.1. The molecule has 0 spiro atoms. The molecule has 1 unspecified atom stereocenters. The van der Waals surface area contributed by atoms with Crippen LogP contribution in [0.25, 0.3) is 0 Å². The third-order valence-corrected chi connectivity index (χ3v) is 3.41. The lowest BCUT2D eigenvalue weighted by Gasteiger charge is -2.13. The number of halogens is 1. The van der Waals surface area contributed by atoms with Gasteiger partial charge in [-0.15, -0.1) is 12.4 Å². The van der Waals surface area contributed by atoms with Crippen LogP contribution in [-0.2, 0) is 11.3 Å².